The van der Waals surface area contributed by atoms with Crippen molar-refractivity contribution < 1.29 is 17.9 Å². The zero-order chi connectivity index (χ0) is 15.2. The van der Waals surface area contributed by atoms with E-state index in [4.69, 9.17) is 10.5 Å². The Labute approximate surface area is 119 Å². The molecule has 0 saturated carbocycles. The van der Waals surface area contributed by atoms with Gasteiger partial charge in [-0.1, -0.05) is 12.1 Å². The summed E-state index contributed by atoms with van der Waals surface area (Å²) >= 11 is 0. The topological polar surface area (TPSA) is 98.5 Å². The molecule has 0 fully saturated rings. The van der Waals surface area contributed by atoms with E-state index < -0.39 is 10.0 Å². The predicted octanol–water partition coefficient (Wildman–Crippen LogP) is 1.20. The molecule has 1 aromatic rings. The van der Waals surface area contributed by atoms with E-state index in [1.54, 1.807) is 32.0 Å². The van der Waals surface area contributed by atoms with E-state index in [1.165, 1.54) is 0 Å². The molecule has 0 heterocycles. The summed E-state index contributed by atoms with van der Waals surface area (Å²) in [6.07, 6.45) is 0.559. The number of hydrogen-bond donors (Lipinski definition) is 2. The van der Waals surface area contributed by atoms with Crippen molar-refractivity contribution in [3.8, 4) is 0 Å². The van der Waals surface area contributed by atoms with Crippen LogP contribution in [0, 0.1) is 6.92 Å². The van der Waals surface area contributed by atoms with Gasteiger partial charge in [-0.3, -0.25) is 4.79 Å². The molecule has 0 aliphatic rings. The molecule has 1 aromatic carbocycles. The standard InChI is InChI=1S/C13H20N2O4S/c1-3-19-12(16)8-5-9-15-20(17,18)13-10(2)6-4-7-11(13)14/h4,6-7,15H,3,5,8-9,14H2,1-2H3. The maximum atomic E-state index is 12.1. The van der Waals surface area contributed by atoms with Crippen LogP contribution in [0.4, 0.5) is 5.69 Å². The summed E-state index contributed by atoms with van der Waals surface area (Å²) in [5.41, 5.74) is 6.50. The van der Waals surface area contributed by atoms with Crippen molar-refractivity contribution in [1.82, 2.24) is 4.72 Å². The molecule has 0 atom stereocenters. The first kappa shape index (κ1) is 16.5. The molecule has 0 unspecified atom stereocenters. The fourth-order valence-electron chi connectivity index (χ4n) is 1.79. The molecule has 20 heavy (non-hydrogen) atoms. The molecule has 0 bridgehead atoms. The van der Waals surface area contributed by atoms with Gasteiger partial charge in [0.2, 0.25) is 10.0 Å². The summed E-state index contributed by atoms with van der Waals surface area (Å²) < 4.78 is 31.5. The molecule has 3 N–H and O–H groups in total. The molecule has 7 heteroatoms. The highest BCUT2D eigenvalue weighted by atomic mass is 32.2. The van der Waals surface area contributed by atoms with E-state index in [2.05, 4.69) is 4.72 Å². The number of rotatable bonds is 7. The number of esters is 1. The van der Waals surface area contributed by atoms with E-state index in [-0.39, 0.29) is 29.5 Å². The van der Waals surface area contributed by atoms with Crippen LogP contribution in [0.3, 0.4) is 0 Å². The second-order valence-corrected chi connectivity index (χ2v) is 6.00. The van der Waals surface area contributed by atoms with Gasteiger partial charge in [0.1, 0.15) is 4.90 Å². The van der Waals surface area contributed by atoms with Crippen molar-refractivity contribution >= 4 is 21.7 Å². The van der Waals surface area contributed by atoms with E-state index in [0.717, 1.165) is 0 Å². The van der Waals surface area contributed by atoms with Crippen LogP contribution in [0.15, 0.2) is 23.1 Å². The molecule has 0 aromatic heterocycles. The number of hydrogen-bond acceptors (Lipinski definition) is 5. The Balaban J connectivity index is 2.61. The number of nitrogen functional groups attached to an aromatic ring is 1. The minimum absolute atomic E-state index is 0.0936. The molecule has 112 valence electrons. The number of carbonyl (C=O) groups is 1. The van der Waals surface area contributed by atoms with Gasteiger partial charge in [-0.05, 0) is 31.9 Å². The van der Waals surface area contributed by atoms with Gasteiger partial charge in [0.15, 0.2) is 0 Å². The molecule has 1 rings (SSSR count). The van der Waals surface area contributed by atoms with Crippen molar-refractivity contribution in [1.29, 1.82) is 0 Å². The maximum Gasteiger partial charge on any atom is 0.305 e. The van der Waals surface area contributed by atoms with Gasteiger partial charge >= 0.3 is 5.97 Å². The lowest BCUT2D eigenvalue weighted by atomic mass is 10.2. The Morgan fingerprint density at radius 1 is 1.40 bits per heavy atom. The molecule has 0 aliphatic heterocycles. The molecule has 0 saturated heterocycles. The van der Waals surface area contributed by atoms with Crippen molar-refractivity contribution in [3.05, 3.63) is 23.8 Å². The Morgan fingerprint density at radius 3 is 2.70 bits per heavy atom. The van der Waals surface area contributed by atoms with Crippen molar-refractivity contribution in [2.75, 3.05) is 18.9 Å². The monoisotopic (exact) mass is 300 g/mol. The summed E-state index contributed by atoms with van der Waals surface area (Å²) in [4.78, 5) is 11.2. The Hall–Kier alpha value is -1.60. The van der Waals surface area contributed by atoms with Gasteiger partial charge in [-0.15, -0.1) is 0 Å². The fraction of sp³-hybridized carbons (Fsp3) is 0.462. The van der Waals surface area contributed by atoms with Gasteiger partial charge in [0, 0.05) is 13.0 Å². The summed E-state index contributed by atoms with van der Waals surface area (Å²) in [5, 5.41) is 0. The third kappa shape index (κ3) is 4.50. The van der Waals surface area contributed by atoms with Crippen molar-refractivity contribution in [2.24, 2.45) is 0 Å². The number of benzene rings is 1. The summed E-state index contributed by atoms with van der Waals surface area (Å²) in [6, 6.07) is 4.92. The number of nitrogens with two attached hydrogens (primary N) is 1. The average Bonchev–Trinajstić information content (AvgIpc) is 2.34. The second-order valence-electron chi connectivity index (χ2n) is 4.30. The molecule has 6 nitrogen and oxygen atoms in total. The number of sulfonamides is 1. The Morgan fingerprint density at radius 2 is 2.10 bits per heavy atom. The largest absolute Gasteiger partial charge is 0.466 e. The minimum Gasteiger partial charge on any atom is -0.466 e. The second kappa shape index (κ2) is 7.25. The van der Waals surface area contributed by atoms with Crippen LogP contribution < -0.4 is 10.5 Å². The van der Waals surface area contributed by atoms with Gasteiger partial charge in [-0.25, -0.2) is 13.1 Å². The first-order valence-corrected chi connectivity index (χ1v) is 7.87. The number of nitrogens with one attached hydrogen (secondary N) is 1. The fourth-order valence-corrected chi connectivity index (χ4v) is 3.21. The SMILES string of the molecule is CCOC(=O)CCCNS(=O)(=O)c1c(C)cccc1N. The third-order valence-electron chi connectivity index (χ3n) is 2.67. The van der Waals surface area contributed by atoms with Crippen LogP contribution in [-0.2, 0) is 19.6 Å². The summed E-state index contributed by atoms with van der Waals surface area (Å²) in [6.45, 7) is 3.89. The van der Waals surface area contributed by atoms with E-state index >= 15 is 0 Å². The van der Waals surface area contributed by atoms with Gasteiger partial charge in [0.25, 0.3) is 0 Å². The van der Waals surface area contributed by atoms with Crippen LogP contribution in [0.25, 0.3) is 0 Å². The summed E-state index contributed by atoms with van der Waals surface area (Å²) in [7, 11) is -3.66. The van der Waals surface area contributed by atoms with Gasteiger partial charge in [-0.2, -0.15) is 0 Å². The Bertz CT molecular complexity index is 549. The van der Waals surface area contributed by atoms with Crippen molar-refractivity contribution in [2.45, 2.75) is 31.6 Å². The van der Waals surface area contributed by atoms with Crippen LogP contribution in [0.2, 0.25) is 0 Å². The molecule has 0 amide bonds. The van der Waals surface area contributed by atoms with E-state index in [0.29, 0.717) is 18.6 Å². The number of anilines is 1. The quantitative estimate of drug-likeness (QED) is 0.448. The lowest BCUT2D eigenvalue weighted by molar-refractivity contribution is -0.143. The average molecular weight is 300 g/mol. The first-order chi connectivity index (χ1) is 9.38. The molecular weight excluding hydrogens is 280 g/mol. The number of ether oxygens (including phenoxy) is 1. The number of carbonyl (C=O) groups excluding carboxylic acids is 1. The highest BCUT2D eigenvalue weighted by Gasteiger charge is 2.19. The summed E-state index contributed by atoms with van der Waals surface area (Å²) in [5.74, 6) is -0.331. The molecule has 0 radical (unpaired) electrons. The third-order valence-corrected chi connectivity index (χ3v) is 4.35. The smallest absolute Gasteiger partial charge is 0.305 e. The van der Waals surface area contributed by atoms with E-state index in [1.807, 2.05) is 0 Å². The lowest BCUT2D eigenvalue weighted by Gasteiger charge is -2.11. The van der Waals surface area contributed by atoms with Crippen LogP contribution >= 0.6 is 0 Å². The zero-order valence-corrected chi connectivity index (χ0v) is 12.5. The van der Waals surface area contributed by atoms with Crippen LogP contribution in [0.5, 0.6) is 0 Å². The lowest BCUT2D eigenvalue weighted by Crippen LogP contribution is -2.26. The van der Waals surface area contributed by atoms with Crippen molar-refractivity contribution in [3.63, 3.8) is 0 Å². The maximum absolute atomic E-state index is 12.1. The van der Waals surface area contributed by atoms with E-state index in [9.17, 15) is 13.2 Å². The minimum atomic E-state index is -3.66. The van der Waals surface area contributed by atoms with Crippen LogP contribution in [0.1, 0.15) is 25.3 Å². The van der Waals surface area contributed by atoms with Gasteiger partial charge < -0.3 is 10.5 Å². The molecule has 0 aliphatic carbocycles. The van der Waals surface area contributed by atoms with Gasteiger partial charge in [0.05, 0.1) is 12.3 Å². The normalized spacial score (nSPS) is 11.3. The number of aryl methyl sites for hydroxylation is 1. The highest BCUT2D eigenvalue weighted by molar-refractivity contribution is 7.89. The zero-order valence-electron chi connectivity index (χ0n) is 11.7. The highest BCUT2D eigenvalue weighted by Crippen LogP contribution is 2.21. The molecule has 0 spiro atoms. The molecular formula is C13H20N2O4S. The first-order valence-electron chi connectivity index (χ1n) is 6.39. The predicted molar refractivity (Wildman–Crippen MR) is 76.6 cm³/mol. The Kier molecular flexibility index (Phi) is 5.97. The van der Waals surface area contributed by atoms with Crippen LogP contribution in [-0.4, -0.2) is 27.5 Å².